The van der Waals surface area contributed by atoms with Crippen molar-refractivity contribution in [3.8, 4) is 0 Å². The first-order valence-electron chi connectivity index (χ1n) is 29.4. The summed E-state index contributed by atoms with van der Waals surface area (Å²) in [5, 5.41) is 9.13. The summed E-state index contributed by atoms with van der Waals surface area (Å²) in [4.78, 5) is 39.7. The number of aliphatic imine (C=N–C) groups is 4. The van der Waals surface area contributed by atoms with Crippen molar-refractivity contribution in [2.45, 2.75) is 144 Å². The van der Waals surface area contributed by atoms with E-state index >= 15 is 0 Å². The van der Waals surface area contributed by atoms with Crippen LogP contribution < -0.4 is 21.5 Å². The van der Waals surface area contributed by atoms with Crippen molar-refractivity contribution in [2.24, 2.45) is 20.0 Å². The molecule has 3 aliphatic rings. The molecule has 10 rings (SSSR count). The van der Waals surface area contributed by atoms with Gasteiger partial charge in [0, 0.05) is 48.1 Å². The van der Waals surface area contributed by atoms with Gasteiger partial charge in [0.05, 0.1) is 36.4 Å². The molecule has 7 aromatic rings. The molecule has 0 bridgehead atoms. The van der Waals surface area contributed by atoms with Gasteiger partial charge in [-0.05, 0) is 135 Å². The van der Waals surface area contributed by atoms with Crippen molar-refractivity contribution < 1.29 is 61.4 Å². The molecule has 2 aromatic carbocycles. The summed E-state index contributed by atoms with van der Waals surface area (Å²) in [5.74, 6) is 4.98. The van der Waals surface area contributed by atoms with Crippen LogP contribution in [0.5, 0.6) is 0 Å². The number of halogens is 2. The molecule has 18 heteroatoms. The Kier molecular flexibility index (Phi) is 35.9. The molecule has 0 unspecified atom stereocenters. The van der Waals surface area contributed by atoms with Crippen LogP contribution in [0, 0.1) is 6.67 Å². The summed E-state index contributed by atoms with van der Waals surface area (Å²) in [5.41, 5.74) is 3.81. The van der Waals surface area contributed by atoms with E-state index in [0.717, 1.165) is 22.3 Å². The molecule has 3 aliphatic heterocycles. The third-order valence-corrected chi connectivity index (χ3v) is 13.3. The summed E-state index contributed by atoms with van der Waals surface area (Å²) >= 11 is 1.61. The molecule has 450 valence electrons. The number of hydrogen-bond donors (Lipinski definition) is 0. The number of aromatic nitrogens is 6. The van der Waals surface area contributed by atoms with Gasteiger partial charge in [-0.25, -0.2) is 9.13 Å². The van der Waals surface area contributed by atoms with Gasteiger partial charge in [-0.1, -0.05) is 165 Å². The molecule has 84 heavy (non-hydrogen) atoms. The van der Waals surface area contributed by atoms with Crippen molar-refractivity contribution in [1.29, 1.82) is 0 Å². The molecule has 14 nitrogen and oxygen atoms in total. The number of rotatable bonds is 24. The predicted molar refractivity (Wildman–Crippen MR) is 335 cm³/mol. The minimum absolute atomic E-state index is 0. The monoisotopic (exact) mass is 1570 g/mol. The first-order valence-corrected chi connectivity index (χ1v) is 32.2. The van der Waals surface area contributed by atoms with Gasteiger partial charge in [0.15, 0.2) is 0 Å². The molecule has 5 aromatic heterocycles. The smallest absolute Gasteiger partial charge is 0.357 e. The molecular weight excluding hydrogens is 1490 g/mol. The molecule has 0 saturated carbocycles. The van der Waals surface area contributed by atoms with Crippen molar-refractivity contribution in [2.75, 3.05) is 13.1 Å². The molecule has 0 radical (unpaired) electrons. The van der Waals surface area contributed by atoms with Gasteiger partial charge in [0.1, 0.15) is 12.4 Å². The van der Waals surface area contributed by atoms with E-state index in [4.69, 9.17) is 0 Å². The maximum atomic E-state index is 4.61. The van der Waals surface area contributed by atoms with Crippen LogP contribution >= 0.6 is 9.42 Å². The second kappa shape index (κ2) is 42.8. The van der Waals surface area contributed by atoms with Crippen molar-refractivity contribution in [3.05, 3.63) is 217 Å². The van der Waals surface area contributed by atoms with E-state index in [1.54, 1.807) is 43.6 Å². The minimum Gasteiger partial charge on any atom is -0.357 e. The molecule has 0 fully saturated rings. The molecular formula is C66H82BrClN14Pt2. The Morgan fingerprint density at radius 1 is 0.440 bits per heavy atom. The molecule has 0 spiro atoms. The van der Waals surface area contributed by atoms with E-state index in [2.05, 4.69) is 144 Å². The number of amidine groups is 4. The quantitative estimate of drug-likeness (QED) is 0.0335. The second-order valence-electron chi connectivity index (χ2n) is 19.8. The van der Waals surface area contributed by atoms with Gasteiger partial charge < -0.3 is 57.4 Å². The normalized spacial score (nSPS) is 14.3. The Morgan fingerprint density at radius 2 is 0.762 bits per heavy atom. The Hall–Kier alpha value is -5.98. The molecule has 0 amide bonds. The van der Waals surface area contributed by atoms with Crippen LogP contribution in [0.3, 0.4) is 0 Å². The Balaban J connectivity index is 0.000000239. The Bertz CT molecular complexity index is 2670. The van der Waals surface area contributed by atoms with Crippen molar-refractivity contribution in [3.63, 3.8) is 0 Å². The van der Waals surface area contributed by atoms with E-state index in [0.29, 0.717) is 46.6 Å². The number of benzene rings is 2. The van der Waals surface area contributed by atoms with Gasteiger partial charge in [-0.15, -0.1) is 0 Å². The largest absolute Gasteiger partial charge is 2.00 e. The molecule has 0 aliphatic carbocycles. The number of unbranched alkanes of at least 4 members (excludes halogenated alkanes) is 12. The van der Waals surface area contributed by atoms with Crippen LogP contribution in [-0.4, -0.2) is 70.7 Å². The van der Waals surface area contributed by atoms with Crippen LogP contribution in [0.25, 0.3) is 10.6 Å². The fraction of sp³-hybridized carbons (Fsp3) is 0.364. The number of fused-ring (bicyclic) bond motifs is 2. The molecule has 8 heterocycles. The van der Waals surface area contributed by atoms with Crippen LogP contribution in [0.2, 0.25) is 0 Å². The SMILES string of the molecule is CCCCCCN1C=CN(CCCCCC)[CH-]1.CCCCCCn1cc[n+](CCCCCC)c1.[Br-].[Cl][Pt+].[Pt+2].c1ccc(N=C2[N-]C(=Nc3ccccn3)c3ccccc32)nc1.c1ccc(N=C2[N-]C(=Nc3ccccn3)c3ccccc32)nc1. The Labute approximate surface area is 540 Å². The molecule has 0 saturated heterocycles. The number of imidazole rings is 1. The maximum absolute atomic E-state index is 4.61. The summed E-state index contributed by atoms with van der Waals surface area (Å²) in [6, 6.07) is 38.2. The predicted octanol–water partition coefficient (Wildman–Crippen LogP) is 14.0. The third kappa shape index (κ3) is 25.3. The molecule has 0 N–H and O–H groups in total. The van der Waals surface area contributed by atoms with Crippen LogP contribution in [0.15, 0.2) is 197 Å². The van der Waals surface area contributed by atoms with Gasteiger partial charge in [-0.2, -0.15) is 6.67 Å². The zero-order chi connectivity index (χ0) is 57.7. The molecule has 0 atom stereocenters. The van der Waals surface area contributed by atoms with Crippen molar-refractivity contribution >= 4 is 56.0 Å². The average molecular weight is 1580 g/mol. The van der Waals surface area contributed by atoms with E-state index in [-0.39, 0.29) is 38.0 Å². The van der Waals surface area contributed by atoms with Crippen molar-refractivity contribution in [1.82, 2.24) is 34.3 Å². The minimum atomic E-state index is 0. The van der Waals surface area contributed by atoms with Crippen LogP contribution in [-0.2, 0) is 52.9 Å². The van der Waals surface area contributed by atoms with E-state index in [9.17, 15) is 0 Å². The van der Waals surface area contributed by atoms with E-state index < -0.39 is 0 Å². The number of aryl methyl sites for hydroxylation is 2. The van der Waals surface area contributed by atoms with Crippen LogP contribution in [0.1, 0.15) is 153 Å². The zero-order valence-corrected chi connectivity index (χ0v) is 56.0. The van der Waals surface area contributed by atoms with Gasteiger partial charge in [0.2, 0.25) is 6.33 Å². The summed E-state index contributed by atoms with van der Waals surface area (Å²) in [7, 11) is 4.61. The van der Waals surface area contributed by atoms with Gasteiger partial charge >= 0.3 is 49.3 Å². The standard InChI is InChI=1S/2C18H12N5.2C15H29N2.BrH.ClH.2Pt/c2*1-2-8-14-13(7-1)17(21-15-9-3-5-11-19-15)23-18(14)22-16-10-4-6-12-20-16;2*1-3-5-7-9-11-16-13-14-17(15-16)12-10-8-6-4-2;;;;/h2*1-12H;2*13-15H,3-12H2,1-2H3;2*1H;;/q3*-1;+1;;;2*+2/p-2. The summed E-state index contributed by atoms with van der Waals surface area (Å²) in [6.07, 6.45) is 39.5. The first-order chi connectivity index (χ1) is 40.5. The number of nitrogens with zero attached hydrogens (tertiary/aromatic N) is 14. The van der Waals surface area contributed by atoms with Gasteiger partial charge in [-0.3, -0.25) is 19.9 Å². The average Bonchev–Trinajstić information content (AvgIpc) is 4.21. The van der Waals surface area contributed by atoms with E-state index in [1.165, 1.54) is 129 Å². The van der Waals surface area contributed by atoms with Crippen LogP contribution in [0.4, 0.5) is 23.3 Å². The maximum Gasteiger partial charge on any atom is 2.00 e. The zero-order valence-electron chi connectivity index (χ0n) is 49.1. The summed E-state index contributed by atoms with van der Waals surface area (Å²) < 4.78 is 4.66. The van der Waals surface area contributed by atoms with Gasteiger partial charge in [0.25, 0.3) is 0 Å². The fourth-order valence-corrected chi connectivity index (χ4v) is 8.93. The van der Waals surface area contributed by atoms with E-state index in [1.807, 2.05) is 121 Å². The Morgan fingerprint density at radius 3 is 1.08 bits per heavy atom. The first kappa shape index (κ1) is 70.5. The topological polar surface area (TPSA) is 144 Å². The fourth-order valence-electron chi connectivity index (χ4n) is 8.93. The second-order valence-corrected chi connectivity index (χ2v) is 19.8. The summed E-state index contributed by atoms with van der Waals surface area (Å²) in [6.45, 7) is 16.0. The number of pyridine rings is 4. The third-order valence-electron chi connectivity index (χ3n) is 13.3. The number of hydrogen-bond acceptors (Lipinski definition) is 10.